The maximum absolute atomic E-state index is 12.0. The fourth-order valence-corrected chi connectivity index (χ4v) is 3.17. The minimum Gasteiger partial charge on any atom is -0.300 e. The van der Waals surface area contributed by atoms with E-state index in [1.165, 1.54) is 16.9 Å². The molecule has 5 heteroatoms. The Bertz CT molecular complexity index is 588. The Balaban J connectivity index is 1.95. The summed E-state index contributed by atoms with van der Waals surface area (Å²) < 4.78 is 0. The van der Waals surface area contributed by atoms with Gasteiger partial charge in [0.05, 0.1) is 6.42 Å². The SMILES string of the molecule is CCC(CC)c1nnc(NC(=O)Cc2ccc(C)cc2)s1. The van der Waals surface area contributed by atoms with E-state index in [0.717, 1.165) is 23.4 Å². The molecule has 0 bridgehead atoms. The van der Waals surface area contributed by atoms with E-state index in [9.17, 15) is 4.79 Å². The molecule has 1 amide bonds. The first-order chi connectivity index (χ1) is 10.1. The molecule has 0 aliphatic heterocycles. The van der Waals surface area contributed by atoms with Crippen molar-refractivity contribution in [3.05, 3.63) is 40.4 Å². The van der Waals surface area contributed by atoms with E-state index in [4.69, 9.17) is 0 Å². The Labute approximate surface area is 129 Å². The molecule has 2 aromatic rings. The van der Waals surface area contributed by atoms with Crippen LogP contribution in [0.5, 0.6) is 0 Å². The zero-order valence-electron chi connectivity index (χ0n) is 12.7. The van der Waals surface area contributed by atoms with Gasteiger partial charge in [0, 0.05) is 5.92 Å². The van der Waals surface area contributed by atoms with Crippen molar-refractivity contribution >= 4 is 22.4 Å². The lowest BCUT2D eigenvalue weighted by molar-refractivity contribution is -0.115. The highest BCUT2D eigenvalue weighted by atomic mass is 32.1. The van der Waals surface area contributed by atoms with Crippen molar-refractivity contribution in [3.8, 4) is 0 Å². The van der Waals surface area contributed by atoms with Gasteiger partial charge in [-0.3, -0.25) is 4.79 Å². The van der Waals surface area contributed by atoms with Gasteiger partial charge in [0.25, 0.3) is 0 Å². The minimum atomic E-state index is -0.0499. The van der Waals surface area contributed by atoms with Gasteiger partial charge < -0.3 is 5.32 Å². The quantitative estimate of drug-likeness (QED) is 0.879. The molecule has 112 valence electrons. The summed E-state index contributed by atoms with van der Waals surface area (Å²) in [5.41, 5.74) is 2.20. The molecule has 21 heavy (non-hydrogen) atoms. The fourth-order valence-electron chi connectivity index (χ4n) is 2.14. The van der Waals surface area contributed by atoms with Crippen LogP contribution in [0.15, 0.2) is 24.3 Å². The van der Waals surface area contributed by atoms with Crippen LogP contribution in [0.1, 0.15) is 48.7 Å². The number of benzene rings is 1. The highest BCUT2D eigenvalue weighted by molar-refractivity contribution is 7.15. The number of carbonyl (C=O) groups excluding carboxylic acids is 1. The maximum Gasteiger partial charge on any atom is 0.230 e. The summed E-state index contributed by atoms with van der Waals surface area (Å²) in [5, 5.41) is 12.7. The largest absolute Gasteiger partial charge is 0.300 e. The number of hydrogen-bond donors (Lipinski definition) is 1. The summed E-state index contributed by atoms with van der Waals surface area (Å²) in [6.45, 7) is 6.32. The predicted octanol–water partition coefficient (Wildman–Crippen LogP) is 3.93. The third-order valence-electron chi connectivity index (χ3n) is 3.51. The lowest BCUT2D eigenvalue weighted by Crippen LogP contribution is -2.14. The van der Waals surface area contributed by atoms with Gasteiger partial charge in [0.2, 0.25) is 11.0 Å². The van der Waals surface area contributed by atoms with Gasteiger partial charge in [0.15, 0.2) is 0 Å². The molecule has 2 rings (SSSR count). The monoisotopic (exact) mass is 303 g/mol. The van der Waals surface area contributed by atoms with Crippen molar-refractivity contribution in [2.45, 2.75) is 46.0 Å². The molecular weight excluding hydrogens is 282 g/mol. The molecule has 0 fully saturated rings. The molecule has 0 unspecified atom stereocenters. The van der Waals surface area contributed by atoms with E-state index in [1.807, 2.05) is 31.2 Å². The third kappa shape index (κ3) is 4.36. The molecule has 4 nitrogen and oxygen atoms in total. The van der Waals surface area contributed by atoms with Crippen LogP contribution in [-0.4, -0.2) is 16.1 Å². The molecule has 1 N–H and O–H groups in total. The van der Waals surface area contributed by atoms with Crippen LogP contribution in [0.2, 0.25) is 0 Å². The summed E-state index contributed by atoms with van der Waals surface area (Å²) in [6.07, 6.45) is 2.45. The molecule has 0 atom stereocenters. The molecule has 0 aliphatic rings. The molecule has 0 spiro atoms. The van der Waals surface area contributed by atoms with E-state index in [-0.39, 0.29) is 5.91 Å². The standard InChI is InChI=1S/C16H21N3OS/c1-4-13(5-2)15-18-19-16(21-15)17-14(20)10-12-8-6-11(3)7-9-12/h6-9,13H,4-5,10H2,1-3H3,(H,17,19,20). The first-order valence-electron chi connectivity index (χ1n) is 7.31. The first kappa shape index (κ1) is 15.6. The van der Waals surface area contributed by atoms with Gasteiger partial charge in [-0.1, -0.05) is 55.0 Å². The highest BCUT2D eigenvalue weighted by Gasteiger charge is 2.14. The second kappa shape index (κ2) is 7.31. The summed E-state index contributed by atoms with van der Waals surface area (Å²) in [7, 11) is 0. The van der Waals surface area contributed by atoms with Gasteiger partial charge in [-0.2, -0.15) is 0 Å². The number of rotatable bonds is 6. The Morgan fingerprint density at radius 3 is 2.48 bits per heavy atom. The lowest BCUT2D eigenvalue weighted by atomic mass is 10.1. The Kier molecular flexibility index (Phi) is 5.44. The van der Waals surface area contributed by atoms with Crippen LogP contribution in [0.4, 0.5) is 5.13 Å². The number of nitrogens with zero attached hydrogens (tertiary/aromatic N) is 2. The number of carbonyl (C=O) groups is 1. The van der Waals surface area contributed by atoms with Gasteiger partial charge in [-0.15, -0.1) is 10.2 Å². The Morgan fingerprint density at radius 2 is 1.86 bits per heavy atom. The van der Waals surface area contributed by atoms with E-state index < -0.39 is 0 Å². The molecule has 0 saturated heterocycles. The molecular formula is C16H21N3OS. The number of nitrogens with one attached hydrogen (secondary N) is 1. The second-order valence-electron chi connectivity index (χ2n) is 5.17. The van der Waals surface area contributed by atoms with Crippen LogP contribution in [0, 0.1) is 6.92 Å². The summed E-state index contributed by atoms with van der Waals surface area (Å²) in [6, 6.07) is 7.98. The van der Waals surface area contributed by atoms with E-state index in [2.05, 4.69) is 29.4 Å². The molecule has 0 aliphatic carbocycles. The summed E-state index contributed by atoms with van der Waals surface area (Å²) in [5.74, 6) is 0.386. The molecule has 1 aromatic carbocycles. The topological polar surface area (TPSA) is 54.9 Å². The predicted molar refractivity (Wildman–Crippen MR) is 86.7 cm³/mol. The van der Waals surface area contributed by atoms with Crippen molar-refractivity contribution in [3.63, 3.8) is 0 Å². The Morgan fingerprint density at radius 1 is 1.19 bits per heavy atom. The number of hydrogen-bond acceptors (Lipinski definition) is 4. The normalized spacial score (nSPS) is 10.9. The smallest absolute Gasteiger partial charge is 0.230 e. The van der Waals surface area contributed by atoms with Crippen LogP contribution < -0.4 is 5.32 Å². The molecule has 0 saturated carbocycles. The molecule has 0 radical (unpaired) electrons. The minimum absolute atomic E-state index is 0.0499. The van der Waals surface area contributed by atoms with E-state index in [1.54, 1.807) is 0 Å². The average molecular weight is 303 g/mol. The average Bonchev–Trinajstić information content (AvgIpc) is 2.91. The van der Waals surface area contributed by atoms with Gasteiger partial charge >= 0.3 is 0 Å². The van der Waals surface area contributed by atoms with Crippen LogP contribution >= 0.6 is 11.3 Å². The van der Waals surface area contributed by atoms with Gasteiger partial charge in [0.1, 0.15) is 5.01 Å². The third-order valence-corrected chi connectivity index (χ3v) is 4.51. The fraction of sp³-hybridized carbons (Fsp3) is 0.438. The van der Waals surface area contributed by atoms with Crippen LogP contribution in [-0.2, 0) is 11.2 Å². The molecule has 1 heterocycles. The number of aromatic nitrogens is 2. The number of anilines is 1. The number of amides is 1. The summed E-state index contributed by atoms with van der Waals surface area (Å²) in [4.78, 5) is 12.0. The molecule has 1 aromatic heterocycles. The van der Waals surface area contributed by atoms with Crippen molar-refractivity contribution in [2.75, 3.05) is 5.32 Å². The van der Waals surface area contributed by atoms with Crippen molar-refractivity contribution in [2.24, 2.45) is 0 Å². The van der Waals surface area contributed by atoms with Gasteiger partial charge in [-0.25, -0.2) is 0 Å². The van der Waals surface area contributed by atoms with Crippen LogP contribution in [0.3, 0.4) is 0 Å². The zero-order valence-corrected chi connectivity index (χ0v) is 13.5. The summed E-state index contributed by atoms with van der Waals surface area (Å²) >= 11 is 1.48. The zero-order chi connectivity index (χ0) is 15.2. The van der Waals surface area contributed by atoms with Crippen LogP contribution in [0.25, 0.3) is 0 Å². The lowest BCUT2D eigenvalue weighted by Gasteiger charge is -2.05. The van der Waals surface area contributed by atoms with Crippen molar-refractivity contribution in [1.82, 2.24) is 10.2 Å². The number of aryl methyl sites for hydroxylation is 1. The Hall–Kier alpha value is -1.75. The maximum atomic E-state index is 12.0. The van der Waals surface area contributed by atoms with E-state index in [0.29, 0.717) is 17.5 Å². The van der Waals surface area contributed by atoms with E-state index >= 15 is 0 Å². The highest BCUT2D eigenvalue weighted by Crippen LogP contribution is 2.28. The van der Waals surface area contributed by atoms with Crippen molar-refractivity contribution in [1.29, 1.82) is 0 Å². The second-order valence-corrected chi connectivity index (χ2v) is 6.18. The van der Waals surface area contributed by atoms with Gasteiger partial charge in [-0.05, 0) is 25.3 Å². The first-order valence-corrected chi connectivity index (χ1v) is 8.12. The van der Waals surface area contributed by atoms with Crippen molar-refractivity contribution < 1.29 is 4.79 Å².